The van der Waals surface area contributed by atoms with Crippen LogP contribution >= 0.6 is 0 Å². The second kappa shape index (κ2) is 9.88. The van der Waals surface area contributed by atoms with E-state index in [1.54, 1.807) is 16.9 Å². The van der Waals surface area contributed by atoms with Crippen molar-refractivity contribution in [2.24, 2.45) is 0 Å². The first-order valence-corrected chi connectivity index (χ1v) is 11.2. The molecule has 0 saturated carbocycles. The standard InChI is InChI=1S/C19H29N3O5S/c1-20(28(3,25)26)15-19(24)22-12-4-11-21(13-14-22)18(23)10-7-16-5-8-17(27-2)9-6-16/h5-6,8-9H,4,7,10-15H2,1-3H3. The van der Waals surface area contributed by atoms with Crippen molar-refractivity contribution in [3.05, 3.63) is 29.8 Å². The van der Waals surface area contributed by atoms with Gasteiger partial charge in [0.05, 0.1) is 19.9 Å². The highest BCUT2D eigenvalue weighted by atomic mass is 32.2. The second-order valence-corrected chi connectivity index (χ2v) is 9.07. The number of hydrogen-bond acceptors (Lipinski definition) is 5. The van der Waals surface area contributed by atoms with Crippen LogP contribution in [0.25, 0.3) is 0 Å². The zero-order valence-corrected chi connectivity index (χ0v) is 17.6. The van der Waals surface area contributed by atoms with Gasteiger partial charge in [-0.3, -0.25) is 9.59 Å². The van der Waals surface area contributed by atoms with Crippen molar-refractivity contribution in [1.29, 1.82) is 0 Å². The van der Waals surface area contributed by atoms with E-state index < -0.39 is 10.0 Å². The van der Waals surface area contributed by atoms with Crippen LogP contribution in [0.15, 0.2) is 24.3 Å². The summed E-state index contributed by atoms with van der Waals surface area (Å²) >= 11 is 0. The maximum Gasteiger partial charge on any atom is 0.237 e. The molecule has 0 radical (unpaired) electrons. The fourth-order valence-corrected chi connectivity index (χ4v) is 3.37. The summed E-state index contributed by atoms with van der Waals surface area (Å²) in [6.45, 7) is 1.84. The zero-order chi connectivity index (χ0) is 20.7. The van der Waals surface area contributed by atoms with Crippen LogP contribution in [0.5, 0.6) is 5.75 Å². The second-order valence-electron chi connectivity index (χ2n) is 6.98. The average molecular weight is 412 g/mol. The molecule has 0 aromatic heterocycles. The molecule has 0 atom stereocenters. The fourth-order valence-electron chi connectivity index (χ4n) is 3.03. The van der Waals surface area contributed by atoms with Crippen molar-refractivity contribution in [1.82, 2.24) is 14.1 Å². The van der Waals surface area contributed by atoms with Gasteiger partial charge in [-0.2, -0.15) is 4.31 Å². The third-order valence-corrected chi connectivity index (χ3v) is 6.17. The summed E-state index contributed by atoms with van der Waals surface area (Å²) in [5, 5.41) is 0. The molecule has 1 heterocycles. The summed E-state index contributed by atoms with van der Waals surface area (Å²) in [4.78, 5) is 28.3. The van der Waals surface area contributed by atoms with Crippen LogP contribution in [-0.4, -0.2) is 87.5 Å². The first-order chi connectivity index (χ1) is 13.2. The normalized spacial score (nSPS) is 15.4. The lowest BCUT2D eigenvalue weighted by molar-refractivity contribution is -0.133. The highest BCUT2D eigenvalue weighted by Gasteiger charge is 2.24. The monoisotopic (exact) mass is 411 g/mol. The van der Waals surface area contributed by atoms with Gasteiger partial charge >= 0.3 is 0 Å². The Kier molecular flexibility index (Phi) is 7.82. The molecule has 28 heavy (non-hydrogen) atoms. The SMILES string of the molecule is COc1ccc(CCC(=O)N2CCCN(C(=O)CN(C)S(C)(=O)=O)CC2)cc1. The molecule has 156 valence electrons. The topological polar surface area (TPSA) is 87.2 Å². The van der Waals surface area contributed by atoms with Crippen molar-refractivity contribution < 1.29 is 22.7 Å². The molecule has 0 N–H and O–H groups in total. The molecule has 1 aromatic rings. The highest BCUT2D eigenvalue weighted by molar-refractivity contribution is 7.88. The Morgan fingerprint density at radius 1 is 1.04 bits per heavy atom. The Morgan fingerprint density at radius 3 is 2.14 bits per heavy atom. The van der Waals surface area contributed by atoms with E-state index in [0.717, 1.165) is 21.9 Å². The number of rotatable bonds is 7. The molecule has 1 aliphatic heterocycles. The Bertz CT molecular complexity index is 779. The van der Waals surface area contributed by atoms with E-state index in [9.17, 15) is 18.0 Å². The first-order valence-electron chi connectivity index (χ1n) is 9.30. The summed E-state index contributed by atoms with van der Waals surface area (Å²) < 4.78 is 29.1. The first kappa shape index (κ1) is 22.2. The van der Waals surface area contributed by atoms with Crippen LogP contribution in [0.2, 0.25) is 0 Å². The molecule has 0 aliphatic carbocycles. The summed E-state index contributed by atoms with van der Waals surface area (Å²) in [6.07, 6.45) is 2.83. The third-order valence-electron chi connectivity index (χ3n) is 4.91. The predicted molar refractivity (Wildman–Crippen MR) is 107 cm³/mol. The molecule has 2 rings (SSSR count). The molecule has 1 aliphatic rings. The molecule has 0 bridgehead atoms. The molecular weight excluding hydrogens is 382 g/mol. The van der Waals surface area contributed by atoms with E-state index in [4.69, 9.17) is 4.74 Å². The molecule has 1 saturated heterocycles. The fraction of sp³-hybridized carbons (Fsp3) is 0.579. The number of ether oxygens (including phenoxy) is 1. The number of carbonyl (C=O) groups is 2. The number of benzene rings is 1. The summed E-state index contributed by atoms with van der Waals surface area (Å²) in [5.41, 5.74) is 1.07. The molecular formula is C19H29N3O5S. The lowest BCUT2D eigenvalue weighted by Gasteiger charge is -2.24. The van der Waals surface area contributed by atoms with Crippen molar-refractivity contribution >= 4 is 21.8 Å². The van der Waals surface area contributed by atoms with E-state index in [2.05, 4.69) is 0 Å². The van der Waals surface area contributed by atoms with Gasteiger partial charge < -0.3 is 14.5 Å². The van der Waals surface area contributed by atoms with Crippen molar-refractivity contribution in [3.8, 4) is 5.75 Å². The van der Waals surface area contributed by atoms with Crippen molar-refractivity contribution in [2.45, 2.75) is 19.3 Å². The minimum atomic E-state index is -3.39. The molecule has 9 heteroatoms. The van der Waals surface area contributed by atoms with Crippen LogP contribution in [0.4, 0.5) is 0 Å². The quantitative estimate of drug-likeness (QED) is 0.655. The zero-order valence-electron chi connectivity index (χ0n) is 16.8. The van der Waals surface area contributed by atoms with Crippen LogP contribution < -0.4 is 4.74 Å². The van der Waals surface area contributed by atoms with Gasteiger partial charge in [-0.25, -0.2) is 8.42 Å². The van der Waals surface area contributed by atoms with Crippen LogP contribution in [-0.2, 0) is 26.0 Å². The Balaban J connectivity index is 1.83. The number of likely N-dealkylation sites (N-methyl/N-ethyl adjacent to an activating group) is 1. The molecule has 2 amide bonds. The van der Waals surface area contributed by atoms with Crippen molar-refractivity contribution in [3.63, 3.8) is 0 Å². The Morgan fingerprint density at radius 2 is 1.61 bits per heavy atom. The largest absolute Gasteiger partial charge is 0.497 e. The van der Waals surface area contributed by atoms with Crippen molar-refractivity contribution in [2.75, 3.05) is 53.1 Å². The van der Waals surface area contributed by atoms with E-state index >= 15 is 0 Å². The number of sulfonamides is 1. The number of nitrogens with zero attached hydrogens (tertiary/aromatic N) is 3. The van der Waals surface area contributed by atoms with Gasteiger partial charge in [-0.05, 0) is 30.5 Å². The lowest BCUT2D eigenvalue weighted by atomic mass is 10.1. The van der Waals surface area contributed by atoms with Gasteiger partial charge in [-0.15, -0.1) is 0 Å². The highest BCUT2D eigenvalue weighted by Crippen LogP contribution is 2.14. The van der Waals surface area contributed by atoms with Gasteiger partial charge in [0.25, 0.3) is 0 Å². The molecule has 0 unspecified atom stereocenters. The molecule has 8 nitrogen and oxygen atoms in total. The lowest BCUT2D eigenvalue weighted by Crippen LogP contribution is -2.42. The van der Waals surface area contributed by atoms with Crippen LogP contribution in [0.3, 0.4) is 0 Å². The minimum absolute atomic E-state index is 0.0679. The molecule has 1 fully saturated rings. The maximum absolute atomic E-state index is 12.5. The van der Waals surface area contributed by atoms with Gasteiger partial charge in [0.1, 0.15) is 5.75 Å². The van der Waals surface area contributed by atoms with E-state index in [1.807, 2.05) is 24.3 Å². The number of hydrogen-bond donors (Lipinski definition) is 0. The van der Waals surface area contributed by atoms with Crippen LogP contribution in [0, 0.1) is 0 Å². The Labute approximate surface area is 167 Å². The van der Waals surface area contributed by atoms with Gasteiger partial charge in [0.15, 0.2) is 0 Å². The molecule has 0 spiro atoms. The van der Waals surface area contributed by atoms with Gasteiger partial charge in [0, 0.05) is 39.6 Å². The van der Waals surface area contributed by atoms with E-state index in [0.29, 0.717) is 45.4 Å². The minimum Gasteiger partial charge on any atom is -0.497 e. The van der Waals surface area contributed by atoms with E-state index in [1.165, 1.54) is 7.05 Å². The number of amides is 2. The number of methoxy groups -OCH3 is 1. The van der Waals surface area contributed by atoms with Gasteiger partial charge in [0.2, 0.25) is 21.8 Å². The number of carbonyl (C=O) groups excluding carboxylic acids is 2. The average Bonchev–Trinajstić information content (AvgIpc) is 2.92. The van der Waals surface area contributed by atoms with E-state index in [-0.39, 0.29) is 18.4 Å². The summed E-state index contributed by atoms with van der Waals surface area (Å²) in [6, 6.07) is 7.66. The summed E-state index contributed by atoms with van der Waals surface area (Å²) in [5.74, 6) is 0.618. The maximum atomic E-state index is 12.5. The van der Waals surface area contributed by atoms with Gasteiger partial charge in [-0.1, -0.05) is 12.1 Å². The molecule has 1 aromatic carbocycles. The Hall–Kier alpha value is -2.13. The smallest absolute Gasteiger partial charge is 0.237 e. The number of aryl methyl sites for hydroxylation is 1. The van der Waals surface area contributed by atoms with Crippen LogP contribution in [0.1, 0.15) is 18.4 Å². The predicted octanol–water partition coefficient (Wildman–Crippen LogP) is 0.580. The summed E-state index contributed by atoms with van der Waals surface area (Å²) in [7, 11) is -0.390. The third kappa shape index (κ3) is 6.49.